The topological polar surface area (TPSA) is 174 Å². The van der Waals surface area contributed by atoms with Gasteiger partial charge in [-0.3, -0.25) is 14.8 Å². The zero-order valence-corrected chi connectivity index (χ0v) is 33.9. The lowest BCUT2D eigenvalue weighted by Crippen LogP contribution is -2.50. The Labute approximate surface area is 346 Å². The number of halogens is 7. The number of nitrogens with one attached hydrogen (secondary N) is 2. The minimum Gasteiger partial charge on any atom is -0.447 e. The van der Waals surface area contributed by atoms with Crippen molar-refractivity contribution in [2.24, 2.45) is 16.1 Å². The van der Waals surface area contributed by atoms with Gasteiger partial charge in [0.05, 0.1) is 46.5 Å². The maximum absolute atomic E-state index is 14.8. The highest BCUT2D eigenvalue weighted by Crippen LogP contribution is 2.49. The molecule has 1 saturated carbocycles. The molecule has 2 aromatic carbocycles. The molecule has 59 heavy (non-hydrogen) atoms. The lowest BCUT2D eigenvalue weighted by Gasteiger charge is -2.35. The van der Waals surface area contributed by atoms with Crippen LogP contribution in [0, 0.1) is 5.41 Å². The number of hydrogen-bond acceptors (Lipinski definition) is 9. The van der Waals surface area contributed by atoms with E-state index in [4.69, 9.17) is 27.1 Å². The van der Waals surface area contributed by atoms with Crippen LogP contribution in [0.4, 0.5) is 26.7 Å². The molecule has 4 N–H and O–H groups in total. The number of aliphatic imine (C=N–C) groups is 1. The van der Waals surface area contributed by atoms with Crippen molar-refractivity contribution in [2.45, 2.75) is 69.8 Å². The molecule has 1 aliphatic carbocycles. The first-order valence-electron chi connectivity index (χ1n) is 18.0. The molecular weight excluding hydrogens is 869 g/mol. The summed E-state index contributed by atoms with van der Waals surface area (Å²) in [5, 5.41) is 13.7. The predicted molar refractivity (Wildman–Crippen MR) is 210 cm³/mol. The molecule has 6 aromatic rings. The largest absolute Gasteiger partial charge is 0.447 e. The molecule has 0 saturated heterocycles. The van der Waals surface area contributed by atoms with E-state index in [9.17, 15) is 31.5 Å². The number of nitrogens with zero attached hydrogens (tertiary/aromatic N) is 8. The van der Waals surface area contributed by atoms with Gasteiger partial charge in [-0.15, -0.1) is 0 Å². The van der Waals surface area contributed by atoms with E-state index >= 15 is 0 Å². The Morgan fingerprint density at radius 2 is 1.86 bits per heavy atom. The van der Waals surface area contributed by atoms with Crippen molar-refractivity contribution in [3.05, 3.63) is 106 Å². The molecule has 0 bridgehead atoms. The average molecular weight is 905 g/mol. The number of hydrogen-bond donors (Lipinski definition) is 3. The van der Waals surface area contributed by atoms with E-state index in [1.807, 2.05) is 44.3 Å². The molecule has 14 nitrogen and oxygen atoms in total. The zero-order valence-electron chi connectivity index (χ0n) is 31.5. The minimum atomic E-state index is -4.71. The fourth-order valence-corrected chi connectivity index (χ4v) is 7.54. The number of guanidine groups is 1. The third-order valence-electron chi connectivity index (χ3n) is 9.88. The SMILES string of the molecule is Brc1ccc2[nH]ncc2c1.CC(C)(C)C[C@]1(c2ccn3cncc3c2)N=C(N)N([C@H](COC(=O)NC2(C(F)(F)F)CC2)c2ccc(Cl)c(-n3ncnc3C(F)F)c2)C1=O. The van der Waals surface area contributed by atoms with Crippen LogP contribution in [0.5, 0.6) is 0 Å². The Bertz CT molecular complexity index is 2560. The maximum Gasteiger partial charge on any atom is 0.411 e. The number of pyridine rings is 1. The smallest absolute Gasteiger partial charge is 0.411 e. The summed E-state index contributed by atoms with van der Waals surface area (Å²) >= 11 is 9.78. The van der Waals surface area contributed by atoms with Crippen molar-refractivity contribution in [3.63, 3.8) is 0 Å². The number of aromatic nitrogens is 7. The van der Waals surface area contributed by atoms with Crippen LogP contribution in [0.25, 0.3) is 22.1 Å². The van der Waals surface area contributed by atoms with Crippen molar-refractivity contribution < 1.29 is 36.3 Å². The Morgan fingerprint density at radius 1 is 1.10 bits per heavy atom. The van der Waals surface area contributed by atoms with Gasteiger partial charge in [0.25, 0.3) is 12.3 Å². The molecule has 2 aliphatic rings. The Kier molecular flexibility index (Phi) is 10.9. The Morgan fingerprint density at radius 3 is 2.56 bits per heavy atom. The summed E-state index contributed by atoms with van der Waals surface area (Å²) in [4.78, 5) is 41.1. The number of benzene rings is 2. The lowest BCUT2D eigenvalue weighted by molar-refractivity contribution is -0.164. The van der Waals surface area contributed by atoms with Gasteiger partial charge >= 0.3 is 12.3 Å². The van der Waals surface area contributed by atoms with Gasteiger partial charge in [-0.2, -0.15) is 23.4 Å². The first kappa shape index (κ1) is 41.5. The Balaban J connectivity index is 0.000000457. The normalized spacial score (nSPS) is 18.2. The first-order chi connectivity index (χ1) is 27.8. The van der Waals surface area contributed by atoms with Gasteiger partial charge in [0.1, 0.15) is 18.5 Å². The molecule has 1 aliphatic heterocycles. The number of carbonyl (C=O) groups is 2. The summed E-state index contributed by atoms with van der Waals surface area (Å²) in [6, 6.07) is 12.3. The molecule has 310 valence electrons. The average Bonchev–Trinajstić information content (AvgIpc) is 3.55. The third-order valence-corrected chi connectivity index (χ3v) is 10.7. The van der Waals surface area contributed by atoms with E-state index in [-0.39, 0.29) is 41.5 Å². The van der Waals surface area contributed by atoms with Gasteiger partial charge in [0.15, 0.2) is 17.3 Å². The summed E-state index contributed by atoms with van der Waals surface area (Å²) in [5.74, 6) is -1.60. The van der Waals surface area contributed by atoms with Crippen LogP contribution >= 0.6 is 27.5 Å². The number of imidazole rings is 1. The predicted octanol–water partition coefficient (Wildman–Crippen LogP) is 8.18. The number of amides is 2. The number of H-pyrrole nitrogens is 1. The van der Waals surface area contributed by atoms with Crippen LogP contribution in [0.15, 0.2) is 89.2 Å². The number of alkyl halides is 5. The van der Waals surface area contributed by atoms with E-state index in [2.05, 4.69) is 41.2 Å². The van der Waals surface area contributed by atoms with E-state index in [0.717, 1.165) is 31.3 Å². The molecular formula is C38H36BrClF5N11O3. The van der Waals surface area contributed by atoms with Crippen LogP contribution in [-0.4, -0.2) is 75.5 Å². The number of nitrogens with two attached hydrogens (primary N) is 1. The summed E-state index contributed by atoms with van der Waals surface area (Å²) < 4.78 is 77.3. The molecule has 4 aromatic heterocycles. The van der Waals surface area contributed by atoms with Gasteiger partial charge in [0.2, 0.25) is 0 Å². The van der Waals surface area contributed by atoms with Gasteiger partial charge in [-0.1, -0.05) is 54.4 Å². The Hall–Kier alpha value is -5.63. The third kappa shape index (κ3) is 8.32. The van der Waals surface area contributed by atoms with Crippen molar-refractivity contribution in [3.8, 4) is 5.69 Å². The number of alkyl carbamates (subject to hydrolysis) is 1. The maximum atomic E-state index is 14.8. The first-order valence-corrected chi connectivity index (χ1v) is 19.2. The van der Waals surface area contributed by atoms with Gasteiger partial charge in [-0.05, 0) is 78.3 Å². The minimum absolute atomic E-state index is 0.0139. The number of carbonyl (C=O) groups excluding carboxylic acids is 2. The number of fused-ring (bicyclic) bond motifs is 2. The molecule has 0 unspecified atom stereocenters. The van der Waals surface area contributed by atoms with E-state index in [1.54, 1.807) is 41.5 Å². The molecule has 2 atom stereocenters. The molecule has 5 heterocycles. The molecule has 2 amide bonds. The molecule has 21 heteroatoms. The quantitative estimate of drug-likeness (QED) is 0.122. The van der Waals surface area contributed by atoms with Crippen molar-refractivity contribution in [2.75, 3.05) is 6.61 Å². The molecule has 1 fully saturated rings. The van der Waals surface area contributed by atoms with E-state index in [0.29, 0.717) is 11.1 Å². The monoisotopic (exact) mass is 903 g/mol. The van der Waals surface area contributed by atoms with Gasteiger partial charge < -0.3 is 20.2 Å². The van der Waals surface area contributed by atoms with Crippen LogP contribution < -0.4 is 11.1 Å². The zero-order chi connectivity index (χ0) is 42.5. The standard InChI is InChI=1S/C31H31ClF5N9O3.C7H5BrN2/c1-28(2,3)14-30(18-6-9-44-16-39-12-19(44)11-18)25(47)45(26(38)42-30)22(13-49-27(48)43-29(7-8-29)31(35,36)37)17-4-5-20(32)21(10-17)46-24(23(33)34)40-15-41-46;8-6-1-2-7-5(3-6)4-9-10-7/h4-6,9-12,15-16,22-23H,7-8,13-14H2,1-3H3,(H2,38,42)(H,43,48);1-4H,(H,9,10)/t22-,30-;/m1./s1. The number of rotatable bonds is 9. The summed E-state index contributed by atoms with van der Waals surface area (Å²) in [6.07, 6.45) is -1.94. The van der Waals surface area contributed by atoms with Crippen LogP contribution in [0.3, 0.4) is 0 Å². The van der Waals surface area contributed by atoms with Crippen molar-refractivity contribution in [1.82, 2.24) is 44.6 Å². The van der Waals surface area contributed by atoms with Gasteiger partial charge in [-0.25, -0.2) is 33.2 Å². The second-order valence-corrected chi connectivity index (χ2v) is 16.7. The fraction of sp³-hybridized carbons (Fsp3) is 0.342. The fourth-order valence-electron chi connectivity index (χ4n) is 6.96. The van der Waals surface area contributed by atoms with Crippen LogP contribution in [0.1, 0.15) is 69.5 Å². The second kappa shape index (κ2) is 15.5. The van der Waals surface area contributed by atoms with Crippen LogP contribution in [0.2, 0.25) is 5.02 Å². The molecule has 0 radical (unpaired) electrons. The van der Waals surface area contributed by atoms with Crippen molar-refractivity contribution >= 4 is 61.9 Å². The van der Waals surface area contributed by atoms with E-state index < -0.39 is 59.6 Å². The highest BCUT2D eigenvalue weighted by Gasteiger charge is 2.64. The van der Waals surface area contributed by atoms with E-state index in [1.165, 1.54) is 18.2 Å². The number of aromatic amines is 1. The number of ether oxygens (including phenoxy) is 1. The lowest BCUT2D eigenvalue weighted by atomic mass is 9.75. The van der Waals surface area contributed by atoms with Crippen molar-refractivity contribution in [1.29, 1.82) is 0 Å². The second-order valence-electron chi connectivity index (χ2n) is 15.3. The molecule has 0 spiro atoms. The summed E-state index contributed by atoms with van der Waals surface area (Å²) in [5.41, 5.74) is 4.39. The highest BCUT2D eigenvalue weighted by atomic mass is 79.9. The van der Waals surface area contributed by atoms with Gasteiger partial charge in [0, 0.05) is 16.1 Å². The van der Waals surface area contributed by atoms with Crippen LogP contribution in [-0.2, 0) is 15.1 Å². The summed E-state index contributed by atoms with van der Waals surface area (Å²) in [6.45, 7) is 5.04. The summed E-state index contributed by atoms with van der Waals surface area (Å²) in [7, 11) is 0. The molecule has 8 rings (SSSR count). The highest BCUT2D eigenvalue weighted by molar-refractivity contribution is 9.10.